The van der Waals surface area contributed by atoms with Gasteiger partial charge in [0.1, 0.15) is 11.2 Å². The summed E-state index contributed by atoms with van der Waals surface area (Å²) in [5.74, 6) is -1.45. The second-order valence-electron chi connectivity index (χ2n) is 2.50. The van der Waals surface area contributed by atoms with Crippen molar-refractivity contribution in [1.82, 2.24) is 4.90 Å². The number of carbonyl (C=O) groups excluding carboxylic acids is 2. The Kier molecular flexibility index (Phi) is 2.38. The van der Waals surface area contributed by atoms with Crippen molar-refractivity contribution in [2.45, 2.75) is 5.25 Å². The fourth-order valence-electron chi connectivity index (χ4n) is 1.14. The summed E-state index contributed by atoms with van der Waals surface area (Å²) in [5.41, 5.74) is 0. The normalized spacial score (nSPS) is 29.2. The molecule has 1 rings (SSSR count). The molecule has 0 aromatic carbocycles. The van der Waals surface area contributed by atoms with Crippen molar-refractivity contribution >= 4 is 23.6 Å². The number of thioether (sulfide) groups is 1. The molecule has 0 unspecified atom stereocenters. The van der Waals surface area contributed by atoms with Crippen molar-refractivity contribution in [3.8, 4) is 6.07 Å². The lowest BCUT2D eigenvalue weighted by atomic mass is 10.1. The van der Waals surface area contributed by atoms with Crippen LogP contribution in [0.5, 0.6) is 0 Å². The van der Waals surface area contributed by atoms with E-state index in [1.807, 2.05) is 6.07 Å². The van der Waals surface area contributed by atoms with E-state index in [2.05, 4.69) is 0 Å². The number of rotatable bonds is 1. The van der Waals surface area contributed by atoms with E-state index >= 15 is 0 Å². The molecule has 0 aromatic heterocycles. The number of nitriles is 1. The summed E-state index contributed by atoms with van der Waals surface area (Å²) in [4.78, 5) is 23.5. The van der Waals surface area contributed by atoms with Gasteiger partial charge in [-0.2, -0.15) is 17.0 Å². The minimum atomic E-state index is -0.794. The molecule has 5 heteroatoms. The number of nitrogens with zero attached hydrogens (tertiary/aromatic N) is 2. The van der Waals surface area contributed by atoms with Crippen LogP contribution in [0.25, 0.3) is 0 Å². The second kappa shape index (κ2) is 3.15. The van der Waals surface area contributed by atoms with E-state index < -0.39 is 11.2 Å². The number of amides is 2. The summed E-state index contributed by atoms with van der Waals surface area (Å²) in [5, 5.41) is 8.10. The maximum Gasteiger partial charge on any atom is 0.247 e. The van der Waals surface area contributed by atoms with Crippen molar-refractivity contribution in [1.29, 1.82) is 5.26 Å². The standard InChI is InChI=1S/C7H8N2O2S/c1-9-6(10)4(3-8)5(12-2)7(9)11/h4-5H,1-2H3/t4-,5-/m0/s1. The van der Waals surface area contributed by atoms with Crippen LogP contribution in [-0.4, -0.2) is 35.3 Å². The first-order chi connectivity index (χ1) is 5.63. The molecular formula is C7H8N2O2S. The number of carbonyl (C=O) groups is 2. The average molecular weight is 184 g/mol. The van der Waals surface area contributed by atoms with Crippen LogP contribution in [-0.2, 0) is 9.59 Å². The van der Waals surface area contributed by atoms with E-state index in [1.54, 1.807) is 6.26 Å². The summed E-state index contributed by atoms with van der Waals surface area (Å²) in [7, 11) is 1.41. The first kappa shape index (κ1) is 9.07. The van der Waals surface area contributed by atoms with Crippen molar-refractivity contribution < 1.29 is 9.59 Å². The lowest BCUT2D eigenvalue weighted by molar-refractivity contribution is -0.137. The highest BCUT2D eigenvalue weighted by atomic mass is 32.2. The Bertz CT molecular complexity index is 271. The average Bonchev–Trinajstić information content (AvgIpc) is 2.29. The van der Waals surface area contributed by atoms with Crippen molar-refractivity contribution in [3.63, 3.8) is 0 Å². The van der Waals surface area contributed by atoms with E-state index in [4.69, 9.17) is 5.26 Å². The highest BCUT2D eigenvalue weighted by Crippen LogP contribution is 2.27. The third-order valence-corrected chi connectivity index (χ3v) is 2.85. The van der Waals surface area contributed by atoms with E-state index in [-0.39, 0.29) is 11.8 Å². The number of likely N-dealkylation sites (tertiary alicyclic amines) is 1. The molecule has 12 heavy (non-hydrogen) atoms. The van der Waals surface area contributed by atoms with E-state index in [9.17, 15) is 9.59 Å². The Balaban J connectivity index is 2.97. The second-order valence-corrected chi connectivity index (χ2v) is 3.48. The molecule has 2 amide bonds. The van der Waals surface area contributed by atoms with Gasteiger partial charge in [0.15, 0.2) is 0 Å². The van der Waals surface area contributed by atoms with Gasteiger partial charge >= 0.3 is 0 Å². The first-order valence-electron chi connectivity index (χ1n) is 3.37. The van der Waals surface area contributed by atoms with Crippen molar-refractivity contribution in [3.05, 3.63) is 0 Å². The van der Waals surface area contributed by atoms with Gasteiger partial charge in [-0.05, 0) is 6.26 Å². The molecule has 0 spiro atoms. The highest BCUT2D eigenvalue weighted by molar-refractivity contribution is 8.00. The molecular weight excluding hydrogens is 176 g/mol. The van der Waals surface area contributed by atoms with Crippen LogP contribution >= 0.6 is 11.8 Å². The third-order valence-electron chi connectivity index (χ3n) is 1.87. The molecule has 0 N–H and O–H groups in total. The van der Waals surface area contributed by atoms with Crippen LogP contribution in [0, 0.1) is 17.2 Å². The molecule has 0 aliphatic carbocycles. The predicted molar refractivity (Wildman–Crippen MR) is 44.2 cm³/mol. The van der Waals surface area contributed by atoms with Gasteiger partial charge in [-0.3, -0.25) is 14.5 Å². The molecule has 1 aliphatic heterocycles. The van der Waals surface area contributed by atoms with Crippen LogP contribution in [0.4, 0.5) is 0 Å². The van der Waals surface area contributed by atoms with Gasteiger partial charge in [0, 0.05) is 7.05 Å². The topological polar surface area (TPSA) is 61.2 Å². The molecule has 0 aromatic rings. The molecule has 2 atom stereocenters. The third kappa shape index (κ3) is 1.08. The summed E-state index contributed by atoms with van der Waals surface area (Å²) in [6.07, 6.45) is 1.72. The van der Waals surface area contributed by atoms with Crippen LogP contribution in [0.3, 0.4) is 0 Å². The zero-order chi connectivity index (χ0) is 9.30. The predicted octanol–water partition coefficient (Wildman–Crippen LogP) is -0.144. The lowest BCUT2D eigenvalue weighted by Crippen LogP contribution is -2.26. The fourth-order valence-corrected chi connectivity index (χ4v) is 1.95. The fraction of sp³-hybridized carbons (Fsp3) is 0.571. The van der Waals surface area contributed by atoms with Gasteiger partial charge in [0.25, 0.3) is 0 Å². The summed E-state index contributed by atoms with van der Waals surface area (Å²) >= 11 is 1.25. The van der Waals surface area contributed by atoms with E-state index in [0.717, 1.165) is 4.90 Å². The van der Waals surface area contributed by atoms with Crippen molar-refractivity contribution in [2.24, 2.45) is 5.92 Å². The molecule has 4 nitrogen and oxygen atoms in total. The molecule has 0 bridgehead atoms. The van der Waals surface area contributed by atoms with Gasteiger partial charge in [-0.15, -0.1) is 0 Å². The highest BCUT2D eigenvalue weighted by Gasteiger charge is 2.45. The zero-order valence-electron chi connectivity index (χ0n) is 6.77. The number of imide groups is 1. The smallest absolute Gasteiger partial charge is 0.247 e. The molecule has 1 saturated heterocycles. The number of hydrogen-bond donors (Lipinski definition) is 0. The van der Waals surface area contributed by atoms with Gasteiger partial charge in [0.05, 0.1) is 6.07 Å². The summed E-state index contributed by atoms with van der Waals surface area (Å²) in [6, 6.07) is 1.84. The molecule has 0 radical (unpaired) electrons. The van der Waals surface area contributed by atoms with E-state index in [1.165, 1.54) is 18.8 Å². The molecule has 0 saturated carbocycles. The van der Waals surface area contributed by atoms with Crippen LogP contribution in [0.1, 0.15) is 0 Å². The van der Waals surface area contributed by atoms with Gasteiger partial charge < -0.3 is 0 Å². The molecule has 1 fully saturated rings. The zero-order valence-corrected chi connectivity index (χ0v) is 7.59. The SMILES string of the molecule is CS[C@@H]1C(=O)N(C)C(=O)[C@H]1C#N. The monoisotopic (exact) mass is 184 g/mol. The Labute approximate surface area is 74.5 Å². The Morgan fingerprint density at radius 3 is 2.42 bits per heavy atom. The summed E-state index contributed by atoms with van der Waals surface area (Å²) < 4.78 is 0. The molecule has 1 aliphatic rings. The Morgan fingerprint density at radius 2 is 2.08 bits per heavy atom. The maximum absolute atomic E-state index is 11.2. The quantitative estimate of drug-likeness (QED) is 0.532. The lowest BCUT2D eigenvalue weighted by Gasteiger charge is -2.04. The molecule has 64 valence electrons. The van der Waals surface area contributed by atoms with Crippen LogP contribution in [0.2, 0.25) is 0 Å². The van der Waals surface area contributed by atoms with Crippen LogP contribution in [0.15, 0.2) is 0 Å². The molecule has 1 heterocycles. The van der Waals surface area contributed by atoms with Gasteiger partial charge in [-0.1, -0.05) is 0 Å². The van der Waals surface area contributed by atoms with Crippen molar-refractivity contribution in [2.75, 3.05) is 13.3 Å². The largest absolute Gasteiger partial charge is 0.284 e. The first-order valence-corrected chi connectivity index (χ1v) is 4.66. The Morgan fingerprint density at radius 1 is 1.50 bits per heavy atom. The van der Waals surface area contributed by atoms with E-state index in [0.29, 0.717) is 0 Å². The van der Waals surface area contributed by atoms with Crippen LogP contribution < -0.4 is 0 Å². The minimum absolute atomic E-state index is 0.265. The number of hydrogen-bond acceptors (Lipinski definition) is 4. The van der Waals surface area contributed by atoms with Gasteiger partial charge in [0.2, 0.25) is 11.8 Å². The Hall–Kier alpha value is -1.02. The van der Waals surface area contributed by atoms with Gasteiger partial charge in [-0.25, -0.2) is 0 Å². The minimum Gasteiger partial charge on any atom is -0.284 e. The summed E-state index contributed by atoms with van der Waals surface area (Å²) in [6.45, 7) is 0. The maximum atomic E-state index is 11.2.